The van der Waals surface area contributed by atoms with E-state index in [4.69, 9.17) is 16.0 Å². The van der Waals surface area contributed by atoms with Gasteiger partial charge in [-0.05, 0) is 48.7 Å². The second kappa shape index (κ2) is 8.27. The molecule has 7 nitrogen and oxygen atoms in total. The van der Waals surface area contributed by atoms with Gasteiger partial charge in [-0.15, -0.1) is 0 Å². The van der Waals surface area contributed by atoms with Crippen LogP contribution in [0.2, 0.25) is 5.02 Å². The van der Waals surface area contributed by atoms with Gasteiger partial charge in [-0.1, -0.05) is 17.7 Å². The van der Waals surface area contributed by atoms with Crippen molar-refractivity contribution >= 4 is 32.6 Å². The number of aromatic hydroxyl groups is 1. The van der Waals surface area contributed by atoms with Gasteiger partial charge >= 0.3 is 5.63 Å². The van der Waals surface area contributed by atoms with Gasteiger partial charge in [0, 0.05) is 50.2 Å². The Kier molecular flexibility index (Phi) is 5.83. The Hall–Kier alpha value is -2.39. The molecule has 1 aromatic heterocycles. The molecule has 9 heteroatoms. The van der Waals surface area contributed by atoms with Gasteiger partial charge in [0.15, 0.2) is 0 Å². The van der Waals surface area contributed by atoms with E-state index in [1.54, 1.807) is 18.2 Å². The number of rotatable bonds is 4. The molecule has 1 saturated heterocycles. The van der Waals surface area contributed by atoms with Crippen molar-refractivity contribution in [3.63, 3.8) is 0 Å². The molecule has 0 bridgehead atoms. The molecule has 0 unspecified atom stereocenters. The fourth-order valence-electron chi connectivity index (χ4n) is 3.76. The summed E-state index contributed by atoms with van der Waals surface area (Å²) < 4.78 is 32.7. The van der Waals surface area contributed by atoms with Crippen molar-refractivity contribution in [1.82, 2.24) is 9.21 Å². The van der Waals surface area contributed by atoms with Crippen molar-refractivity contribution in [2.75, 3.05) is 26.2 Å². The van der Waals surface area contributed by atoms with Crippen molar-refractivity contribution < 1.29 is 17.9 Å². The number of phenols is 1. The number of halogens is 1. The lowest BCUT2D eigenvalue weighted by Crippen LogP contribution is -2.48. The molecule has 0 aliphatic carbocycles. The van der Waals surface area contributed by atoms with Gasteiger partial charge in [-0.3, -0.25) is 4.90 Å². The highest BCUT2D eigenvalue weighted by Gasteiger charge is 2.29. The van der Waals surface area contributed by atoms with Gasteiger partial charge in [-0.2, -0.15) is 4.31 Å². The van der Waals surface area contributed by atoms with E-state index in [-0.39, 0.29) is 16.4 Å². The molecule has 1 fully saturated rings. The van der Waals surface area contributed by atoms with Crippen molar-refractivity contribution in [1.29, 1.82) is 0 Å². The SMILES string of the molecule is Cc1ccc(S(=O)(=O)N2CCN(Cc3cc(=O)oc4cc(O)c(Cl)cc34)CC2)cc1C. The highest BCUT2D eigenvalue weighted by atomic mass is 35.5. The largest absolute Gasteiger partial charge is 0.506 e. The zero-order chi connectivity index (χ0) is 22.3. The van der Waals surface area contributed by atoms with Crippen LogP contribution in [0.4, 0.5) is 0 Å². The van der Waals surface area contributed by atoms with Crippen molar-refractivity contribution in [3.05, 3.63) is 68.5 Å². The van der Waals surface area contributed by atoms with Crippen LogP contribution < -0.4 is 5.63 Å². The second-order valence-electron chi connectivity index (χ2n) is 7.82. The molecule has 0 saturated carbocycles. The van der Waals surface area contributed by atoms with Crippen molar-refractivity contribution in [3.8, 4) is 5.75 Å². The minimum absolute atomic E-state index is 0.153. The molecule has 3 aromatic rings. The van der Waals surface area contributed by atoms with Crippen LogP contribution in [-0.2, 0) is 16.6 Å². The lowest BCUT2D eigenvalue weighted by Gasteiger charge is -2.34. The number of nitrogens with zero attached hydrogens (tertiary/aromatic N) is 2. The molecule has 31 heavy (non-hydrogen) atoms. The lowest BCUT2D eigenvalue weighted by atomic mass is 10.1. The minimum Gasteiger partial charge on any atom is -0.506 e. The van der Waals surface area contributed by atoms with Crippen LogP contribution in [0.1, 0.15) is 16.7 Å². The van der Waals surface area contributed by atoms with E-state index in [0.717, 1.165) is 16.7 Å². The Balaban J connectivity index is 1.51. The highest BCUT2D eigenvalue weighted by Crippen LogP contribution is 2.30. The molecule has 0 radical (unpaired) electrons. The van der Waals surface area contributed by atoms with Crippen molar-refractivity contribution in [2.45, 2.75) is 25.3 Å². The standard InChI is InChI=1S/C22H23ClN2O5S/c1-14-3-4-17(9-15(14)2)31(28,29)25-7-5-24(6-8-25)13-16-10-22(27)30-21-12-20(26)19(23)11-18(16)21/h3-4,9-12,26H,5-8,13H2,1-2H3. The zero-order valence-electron chi connectivity index (χ0n) is 17.3. The van der Waals surface area contributed by atoms with Crippen LogP contribution in [-0.4, -0.2) is 48.9 Å². The van der Waals surface area contributed by atoms with Crippen LogP contribution >= 0.6 is 11.6 Å². The van der Waals surface area contributed by atoms with Gasteiger partial charge < -0.3 is 9.52 Å². The first-order chi connectivity index (χ1) is 14.6. The third-order valence-electron chi connectivity index (χ3n) is 5.74. The van der Waals surface area contributed by atoms with Crippen LogP contribution in [0, 0.1) is 13.8 Å². The van der Waals surface area contributed by atoms with Gasteiger partial charge in [-0.25, -0.2) is 13.2 Å². The highest BCUT2D eigenvalue weighted by molar-refractivity contribution is 7.89. The molecular weight excluding hydrogens is 440 g/mol. The fraction of sp³-hybridized carbons (Fsp3) is 0.318. The van der Waals surface area contributed by atoms with E-state index in [1.165, 1.54) is 16.4 Å². The topological polar surface area (TPSA) is 91.1 Å². The van der Waals surface area contributed by atoms with E-state index < -0.39 is 15.6 Å². The summed E-state index contributed by atoms with van der Waals surface area (Å²) in [6.07, 6.45) is 0. The molecular formula is C22H23ClN2O5S. The molecule has 0 atom stereocenters. The Morgan fingerprint density at radius 3 is 2.42 bits per heavy atom. The number of hydrogen-bond acceptors (Lipinski definition) is 6. The zero-order valence-corrected chi connectivity index (χ0v) is 18.8. The first-order valence-corrected chi connectivity index (χ1v) is 11.7. The lowest BCUT2D eigenvalue weighted by molar-refractivity contribution is 0.182. The van der Waals surface area contributed by atoms with Crippen LogP contribution in [0.25, 0.3) is 11.0 Å². The van der Waals surface area contributed by atoms with Gasteiger partial charge in [0.2, 0.25) is 10.0 Å². The number of fused-ring (bicyclic) bond motifs is 1. The predicted molar refractivity (Wildman–Crippen MR) is 119 cm³/mol. The van der Waals surface area contributed by atoms with Crippen LogP contribution in [0.15, 0.2) is 50.5 Å². The summed E-state index contributed by atoms with van der Waals surface area (Å²) in [5.74, 6) is -0.153. The van der Waals surface area contributed by atoms with E-state index in [1.807, 2.05) is 19.9 Å². The minimum atomic E-state index is -3.55. The molecule has 2 heterocycles. The maximum absolute atomic E-state index is 13.0. The average molecular weight is 463 g/mol. The first kappa shape index (κ1) is 21.8. The predicted octanol–water partition coefficient (Wildman–Crippen LogP) is 3.28. The summed E-state index contributed by atoms with van der Waals surface area (Å²) in [5.41, 5.74) is 2.47. The van der Waals surface area contributed by atoms with Gasteiger partial charge in [0.25, 0.3) is 0 Å². The number of hydrogen-bond donors (Lipinski definition) is 1. The Morgan fingerprint density at radius 2 is 1.74 bits per heavy atom. The summed E-state index contributed by atoms with van der Waals surface area (Å²) in [6, 6.07) is 9.51. The summed E-state index contributed by atoms with van der Waals surface area (Å²) in [4.78, 5) is 14.3. The monoisotopic (exact) mass is 462 g/mol. The number of benzene rings is 2. The van der Waals surface area contributed by atoms with E-state index >= 15 is 0 Å². The third-order valence-corrected chi connectivity index (χ3v) is 7.94. The smallest absolute Gasteiger partial charge is 0.336 e. The number of sulfonamides is 1. The summed E-state index contributed by atoms with van der Waals surface area (Å²) in [5, 5.41) is 10.6. The Labute approximate surface area is 185 Å². The van der Waals surface area contributed by atoms with Gasteiger partial charge in [0.05, 0.1) is 9.92 Å². The second-order valence-corrected chi connectivity index (χ2v) is 10.2. The first-order valence-electron chi connectivity index (χ1n) is 9.90. The molecule has 1 aliphatic heterocycles. The van der Waals surface area contributed by atoms with E-state index in [2.05, 4.69) is 4.90 Å². The van der Waals surface area contributed by atoms with Crippen LogP contribution in [0.3, 0.4) is 0 Å². The summed E-state index contributed by atoms with van der Waals surface area (Å²) >= 11 is 6.03. The maximum Gasteiger partial charge on any atom is 0.336 e. The fourth-order valence-corrected chi connectivity index (χ4v) is 5.43. The summed E-state index contributed by atoms with van der Waals surface area (Å²) in [6.45, 7) is 6.06. The molecule has 4 rings (SSSR count). The average Bonchev–Trinajstić information content (AvgIpc) is 2.72. The molecule has 0 amide bonds. The third kappa shape index (κ3) is 4.34. The van der Waals surface area contributed by atoms with E-state index in [0.29, 0.717) is 43.0 Å². The quantitative estimate of drug-likeness (QED) is 0.598. The summed E-state index contributed by atoms with van der Waals surface area (Å²) in [7, 11) is -3.55. The van der Waals surface area contributed by atoms with E-state index in [9.17, 15) is 18.3 Å². The van der Waals surface area contributed by atoms with Crippen LogP contribution in [0.5, 0.6) is 5.75 Å². The normalized spacial score (nSPS) is 16.1. The van der Waals surface area contributed by atoms with Gasteiger partial charge in [0.1, 0.15) is 11.3 Å². The molecule has 0 spiro atoms. The molecule has 1 N–H and O–H groups in total. The molecule has 164 valence electrons. The molecule has 2 aromatic carbocycles. The maximum atomic E-state index is 13.0. The molecule has 1 aliphatic rings. The Bertz CT molecular complexity index is 1310. The van der Waals surface area contributed by atoms with Crippen molar-refractivity contribution in [2.24, 2.45) is 0 Å². The Morgan fingerprint density at radius 1 is 1.03 bits per heavy atom. The number of phenolic OH excluding ortho intramolecular Hbond substituents is 1. The number of aryl methyl sites for hydroxylation is 2. The number of piperazine rings is 1.